The summed E-state index contributed by atoms with van der Waals surface area (Å²) in [6.45, 7) is 6.41. The third-order valence-corrected chi connectivity index (χ3v) is 5.42. The molecular formula is C10H17N3S3. The predicted octanol–water partition coefficient (Wildman–Crippen LogP) is 3.27. The Morgan fingerprint density at radius 3 is 2.75 bits per heavy atom. The van der Waals surface area contributed by atoms with E-state index in [1.54, 1.807) is 0 Å². The summed E-state index contributed by atoms with van der Waals surface area (Å²) in [6.07, 6.45) is 0. The summed E-state index contributed by atoms with van der Waals surface area (Å²) in [4.78, 5) is 4.58. The molecule has 1 unspecified atom stereocenters. The first-order valence-electron chi connectivity index (χ1n) is 5.36. The Balaban J connectivity index is 2.01. The van der Waals surface area contributed by atoms with E-state index < -0.39 is 0 Å². The van der Waals surface area contributed by atoms with Crippen molar-refractivity contribution in [2.75, 3.05) is 22.6 Å². The van der Waals surface area contributed by atoms with Gasteiger partial charge < -0.3 is 5.32 Å². The maximum Gasteiger partial charge on any atom is 0.203 e. The summed E-state index contributed by atoms with van der Waals surface area (Å²) in [6, 6.07) is 0. The van der Waals surface area contributed by atoms with E-state index in [9.17, 15) is 0 Å². The molecule has 0 amide bonds. The van der Waals surface area contributed by atoms with Gasteiger partial charge in [0.2, 0.25) is 5.13 Å². The normalized spacial score (nSPS) is 22.1. The van der Waals surface area contributed by atoms with Crippen LogP contribution in [0.3, 0.4) is 0 Å². The van der Waals surface area contributed by atoms with Crippen LogP contribution in [0.5, 0.6) is 0 Å². The lowest BCUT2D eigenvalue weighted by molar-refractivity contribution is 0.633. The zero-order valence-electron chi connectivity index (χ0n) is 9.82. The molecule has 3 nitrogen and oxygen atoms in total. The van der Waals surface area contributed by atoms with Crippen LogP contribution in [-0.2, 0) is 0 Å². The molecule has 1 aromatic rings. The quantitative estimate of drug-likeness (QED) is 0.896. The second-order valence-electron chi connectivity index (χ2n) is 4.77. The van der Waals surface area contributed by atoms with Crippen LogP contribution in [0.4, 0.5) is 5.13 Å². The van der Waals surface area contributed by atoms with E-state index in [1.807, 2.05) is 23.5 Å². The molecule has 0 saturated carbocycles. The fraction of sp³-hybridized carbons (Fsp3) is 0.800. The molecule has 1 atom stereocenters. The fourth-order valence-electron chi connectivity index (χ4n) is 1.37. The Bertz CT molecular complexity index is 339. The van der Waals surface area contributed by atoms with E-state index in [-0.39, 0.29) is 5.54 Å². The van der Waals surface area contributed by atoms with E-state index in [1.165, 1.54) is 23.0 Å². The number of hydrogen-bond donors (Lipinski definition) is 1. The van der Waals surface area contributed by atoms with Gasteiger partial charge in [-0.25, -0.2) is 4.98 Å². The average Bonchev–Trinajstić information content (AvgIpc) is 2.65. The van der Waals surface area contributed by atoms with E-state index in [0.717, 1.165) is 16.7 Å². The topological polar surface area (TPSA) is 37.8 Å². The molecule has 0 bridgehead atoms. The molecule has 1 aliphatic heterocycles. The minimum Gasteiger partial charge on any atom is -0.356 e. The van der Waals surface area contributed by atoms with Crippen LogP contribution in [0.2, 0.25) is 0 Å². The van der Waals surface area contributed by atoms with Gasteiger partial charge in [0.25, 0.3) is 0 Å². The molecule has 0 aliphatic carbocycles. The first-order chi connectivity index (χ1) is 7.54. The summed E-state index contributed by atoms with van der Waals surface area (Å²) in [7, 11) is 0. The van der Waals surface area contributed by atoms with Gasteiger partial charge in [0.05, 0.1) is 5.25 Å². The lowest BCUT2D eigenvalue weighted by atomic mass is 10.1. The second-order valence-corrected chi connectivity index (χ2v) is 7.98. The van der Waals surface area contributed by atoms with Gasteiger partial charge in [0.15, 0.2) is 5.82 Å². The van der Waals surface area contributed by atoms with Crippen LogP contribution in [0.15, 0.2) is 0 Å². The number of rotatable bonds is 2. The van der Waals surface area contributed by atoms with Gasteiger partial charge in [0, 0.05) is 34.3 Å². The van der Waals surface area contributed by atoms with Gasteiger partial charge in [-0.05, 0) is 20.8 Å². The molecular weight excluding hydrogens is 258 g/mol. The van der Waals surface area contributed by atoms with Crippen molar-refractivity contribution >= 4 is 40.2 Å². The lowest BCUT2D eigenvalue weighted by Gasteiger charge is -2.19. The Hall–Kier alpha value is 0.0600. The van der Waals surface area contributed by atoms with E-state index in [0.29, 0.717) is 5.25 Å². The van der Waals surface area contributed by atoms with E-state index in [2.05, 4.69) is 35.4 Å². The Morgan fingerprint density at radius 2 is 2.12 bits per heavy atom. The number of thioether (sulfide) groups is 2. The van der Waals surface area contributed by atoms with Crippen molar-refractivity contribution in [2.45, 2.75) is 31.6 Å². The van der Waals surface area contributed by atoms with Gasteiger partial charge in [-0.1, -0.05) is 0 Å². The highest BCUT2D eigenvalue weighted by Gasteiger charge is 2.21. The molecule has 1 aliphatic rings. The third kappa shape index (κ3) is 3.53. The monoisotopic (exact) mass is 275 g/mol. The fourth-order valence-corrected chi connectivity index (χ4v) is 4.87. The van der Waals surface area contributed by atoms with Crippen LogP contribution in [-0.4, -0.2) is 32.2 Å². The molecule has 1 saturated heterocycles. The average molecular weight is 275 g/mol. The summed E-state index contributed by atoms with van der Waals surface area (Å²) < 4.78 is 4.46. The molecule has 0 aromatic carbocycles. The highest BCUT2D eigenvalue weighted by atomic mass is 32.2. The first-order valence-corrected chi connectivity index (χ1v) is 8.33. The van der Waals surface area contributed by atoms with Crippen molar-refractivity contribution in [1.29, 1.82) is 0 Å². The van der Waals surface area contributed by atoms with Crippen LogP contribution in [0.1, 0.15) is 31.8 Å². The van der Waals surface area contributed by atoms with Crippen LogP contribution in [0.25, 0.3) is 0 Å². The molecule has 6 heteroatoms. The molecule has 1 N–H and O–H groups in total. The molecule has 16 heavy (non-hydrogen) atoms. The first kappa shape index (κ1) is 12.5. The van der Waals surface area contributed by atoms with Crippen molar-refractivity contribution < 1.29 is 0 Å². The van der Waals surface area contributed by atoms with Crippen molar-refractivity contribution in [3.63, 3.8) is 0 Å². The van der Waals surface area contributed by atoms with Gasteiger partial charge in [-0.3, -0.25) is 0 Å². The summed E-state index contributed by atoms with van der Waals surface area (Å²) in [5.74, 6) is 4.64. The summed E-state index contributed by atoms with van der Waals surface area (Å²) in [5, 5.41) is 4.80. The van der Waals surface area contributed by atoms with Gasteiger partial charge in [-0.2, -0.15) is 16.1 Å². The molecule has 90 valence electrons. The van der Waals surface area contributed by atoms with Crippen LogP contribution in [0, 0.1) is 0 Å². The molecule has 0 radical (unpaired) electrons. The zero-order valence-corrected chi connectivity index (χ0v) is 12.3. The third-order valence-electron chi connectivity index (χ3n) is 2.03. The SMILES string of the molecule is CC(C)(C)Nc1nc(C2CSCCS2)ns1. The van der Waals surface area contributed by atoms with Crippen molar-refractivity contribution in [1.82, 2.24) is 9.36 Å². The lowest BCUT2D eigenvalue weighted by Crippen LogP contribution is -2.25. The highest BCUT2D eigenvalue weighted by Crippen LogP contribution is 2.36. The number of nitrogens with zero attached hydrogens (tertiary/aromatic N) is 2. The van der Waals surface area contributed by atoms with Gasteiger partial charge >= 0.3 is 0 Å². The molecule has 0 spiro atoms. The van der Waals surface area contributed by atoms with Crippen molar-refractivity contribution in [3.05, 3.63) is 5.82 Å². The predicted molar refractivity (Wildman–Crippen MR) is 75.8 cm³/mol. The van der Waals surface area contributed by atoms with Crippen molar-refractivity contribution in [3.8, 4) is 0 Å². The summed E-state index contributed by atoms with van der Waals surface area (Å²) >= 11 is 5.46. The molecule has 2 rings (SSSR count). The van der Waals surface area contributed by atoms with Crippen LogP contribution < -0.4 is 5.32 Å². The van der Waals surface area contributed by atoms with E-state index in [4.69, 9.17) is 0 Å². The Morgan fingerprint density at radius 1 is 1.31 bits per heavy atom. The maximum atomic E-state index is 4.58. The summed E-state index contributed by atoms with van der Waals surface area (Å²) in [5.41, 5.74) is 0.0608. The highest BCUT2D eigenvalue weighted by molar-refractivity contribution is 8.06. The molecule has 1 fully saturated rings. The number of hydrogen-bond acceptors (Lipinski definition) is 6. The molecule has 1 aromatic heterocycles. The van der Waals surface area contributed by atoms with E-state index >= 15 is 0 Å². The number of aromatic nitrogens is 2. The minimum absolute atomic E-state index is 0.0608. The van der Waals surface area contributed by atoms with Gasteiger partial charge in [0.1, 0.15) is 0 Å². The minimum atomic E-state index is 0.0608. The largest absolute Gasteiger partial charge is 0.356 e. The number of anilines is 1. The maximum absolute atomic E-state index is 4.58. The van der Waals surface area contributed by atoms with Crippen molar-refractivity contribution in [2.24, 2.45) is 0 Å². The van der Waals surface area contributed by atoms with Gasteiger partial charge in [-0.15, -0.1) is 11.8 Å². The second kappa shape index (κ2) is 5.14. The standard InChI is InChI=1S/C10H17N3S3/c1-10(2,3)12-9-11-8(13-16-9)7-6-14-4-5-15-7/h7H,4-6H2,1-3H3,(H,11,12,13). The Labute approximate surface area is 109 Å². The van der Waals surface area contributed by atoms with Crippen LogP contribution >= 0.6 is 35.1 Å². The Kier molecular flexibility index (Phi) is 4.02. The zero-order chi connectivity index (χ0) is 11.6. The number of nitrogens with one attached hydrogen (secondary N) is 1. The smallest absolute Gasteiger partial charge is 0.203 e. The molecule has 2 heterocycles.